The molecule has 0 unspecified atom stereocenters. The van der Waals surface area contributed by atoms with Gasteiger partial charge in [-0.2, -0.15) is 0 Å². The molecule has 0 heterocycles. The minimum absolute atomic E-state index is 0.202. The third-order valence-corrected chi connectivity index (χ3v) is 17.7. The van der Waals surface area contributed by atoms with Gasteiger partial charge in [0.15, 0.2) is 0 Å². The van der Waals surface area contributed by atoms with Gasteiger partial charge < -0.3 is 41.3 Å². The van der Waals surface area contributed by atoms with E-state index in [0.29, 0.717) is 29.2 Å². The summed E-state index contributed by atoms with van der Waals surface area (Å²) >= 11 is 13.0. The summed E-state index contributed by atoms with van der Waals surface area (Å²) < 4.78 is 0. The Bertz CT molecular complexity index is 2230. The number of fused-ring (bicyclic) bond motifs is 5. The molecule has 2 aromatic rings. The van der Waals surface area contributed by atoms with Crippen LogP contribution >= 0.6 is 23.2 Å². The summed E-state index contributed by atoms with van der Waals surface area (Å²) in [6.45, 7) is 12.4. The van der Waals surface area contributed by atoms with Crippen LogP contribution in [0.25, 0.3) is 5.57 Å². The van der Waals surface area contributed by atoms with E-state index < -0.39 is 83.2 Å². The second-order valence-electron chi connectivity index (χ2n) is 21.7. The highest BCUT2D eigenvalue weighted by molar-refractivity contribution is 6.33. The number of hydrogen-bond donors (Lipinski definition) is 8. The van der Waals surface area contributed by atoms with Crippen LogP contribution in [0.4, 0.5) is 0 Å². The predicted octanol–water partition coefficient (Wildman–Crippen LogP) is 10.7. The van der Waals surface area contributed by atoms with Crippen LogP contribution in [0.2, 0.25) is 10.0 Å². The number of carboxylic acids is 4. The van der Waals surface area contributed by atoms with Gasteiger partial charge in [0.2, 0.25) is 0 Å². The highest BCUT2D eigenvalue weighted by Gasteiger charge is 2.60. The Balaban J connectivity index is 1.26. The lowest BCUT2D eigenvalue weighted by atomic mass is 9.44. The molecule has 11 atom stereocenters. The van der Waals surface area contributed by atoms with Gasteiger partial charge in [-0.25, -0.2) is 9.59 Å². The van der Waals surface area contributed by atoms with Crippen molar-refractivity contribution in [1.29, 1.82) is 0 Å². The fraction of sp³-hybridized carbons (Fsp3) is 0.623. The Hall–Kier alpha value is -4.82. The maximum Gasteiger partial charge on any atom is 0.326 e. The molecule has 2 amide bonds. The summed E-state index contributed by atoms with van der Waals surface area (Å²) in [6, 6.07) is 1.46. The lowest BCUT2D eigenvalue weighted by Gasteiger charge is -2.61. The zero-order valence-electron chi connectivity index (χ0n) is 40.4. The molecule has 0 saturated heterocycles. The Morgan fingerprint density at radius 1 is 0.696 bits per heavy atom. The maximum absolute atomic E-state index is 13.5. The largest absolute Gasteiger partial charge is 0.506 e. The van der Waals surface area contributed by atoms with Crippen LogP contribution in [0.1, 0.15) is 169 Å². The van der Waals surface area contributed by atoms with Gasteiger partial charge in [-0.15, -0.1) is 0 Å². The van der Waals surface area contributed by atoms with Crippen LogP contribution in [-0.2, 0) is 19.2 Å². The van der Waals surface area contributed by atoms with E-state index in [-0.39, 0.29) is 26.6 Å². The molecule has 6 rings (SSSR count). The number of hydrogen-bond acceptors (Lipinski definition) is 8. The van der Waals surface area contributed by atoms with Gasteiger partial charge in [-0.05, 0) is 170 Å². The van der Waals surface area contributed by atoms with Crippen molar-refractivity contribution in [2.24, 2.45) is 58.2 Å². The molecular weight excluding hydrogens is 927 g/mol. The summed E-state index contributed by atoms with van der Waals surface area (Å²) in [5.41, 5.74) is 0.478. The highest BCUT2D eigenvalue weighted by Crippen LogP contribution is 2.69. The van der Waals surface area contributed by atoms with Crippen molar-refractivity contribution in [1.82, 2.24) is 10.6 Å². The van der Waals surface area contributed by atoms with Crippen LogP contribution in [-0.4, -0.2) is 78.4 Å². The molecule has 16 heteroatoms. The first-order valence-electron chi connectivity index (χ1n) is 24.7. The zero-order chi connectivity index (χ0) is 50.7. The summed E-state index contributed by atoms with van der Waals surface area (Å²) in [4.78, 5) is 73.5. The quantitative estimate of drug-likeness (QED) is 0.0617. The number of halogens is 2. The van der Waals surface area contributed by atoms with Crippen molar-refractivity contribution in [2.75, 3.05) is 0 Å². The lowest BCUT2D eigenvalue weighted by molar-refractivity contribution is -0.145. The lowest BCUT2D eigenvalue weighted by Crippen LogP contribution is -2.53. The van der Waals surface area contributed by atoms with Gasteiger partial charge in [-0.3, -0.25) is 19.2 Å². The van der Waals surface area contributed by atoms with E-state index in [1.807, 2.05) is 6.08 Å². The van der Waals surface area contributed by atoms with E-state index in [9.17, 15) is 59.4 Å². The summed E-state index contributed by atoms with van der Waals surface area (Å²) in [5, 5.41) is 63.3. The average Bonchev–Trinajstić information content (AvgIpc) is 3.63. The number of benzene rings is 2. The van der Waals surface area contributed by atoms with Crippen molar-refractivity contribution in [2.45, 2.75) is 149 Å². The third kappa shape index (κ3) is 11.9. The van der Waals surface area contributed by atoms with Crippen molar-refractivity contribution >= 4 is 64.5 Å². The topological polar surface area (TPSA) is 248 Å². The van der Waals surface area contributed by atoms with E-state index in [2.05, 4.69) is 45.3 Å². The van der Waals surface area contributed by atoms with Gasteiger partial charge in [0.25, 0.3) is 11.8 Å². The molecule has 14 nitrogen and oxygen atoms in total. The Morgan fingerprint density at radius 3 is 1.72 bits per heavy atom. The second-order valence-corrected chi connectivity index (χ2v) is 22.5. The standard InChI is InChI=1S/C53H70Cl2N2O12/c1-27(2)8-6-9-28(3)37-14-15-38-34-13-12-32-20-29(16-18-52(32,4)39(34)17-19-53(37,38)5)10-7-11-33(30-21-35(46(62)40(54)23-30)48(64)56-42(50(66)67)25-44(58)59)31-22-36(47(63)41(55)24-31)49(65)57-43(51(68)69)26-45(60)61/h11,21-24,27-29,32,34,37-39,42-43,62-63H,6-10,12-20,25-26H2,1-5H3,(H,56,64)(H,57,65)(H,58,59)(H,60,61)(H,66,67)(H,68,69)/t28-,29+,32+,34+,37-,38+,39+,42+,43+,52+,53-/m1/s1. The van der Waals surface area contributed by atoms with Gasteiger partial charge >= 0.3 is 23.9 Å². The Labute approximate surface area is 414 Å². The van der Waals surface area contributed by atoms with Crippen molar-refractivity contribution in [3.05, 3.63) is 62.6 Å². The molecule has 0 aromatic heterocycles. The minimum Gasteiger partial charge on any atom is -0.506 e. The number of carbonyl (C=O) groups is 6. The molecule has 4 aliphatic rings. The second kappa shape index (κ2) is 22.1. The molecule has 0 bridgehead atoms. The van der Waals surface area contributed by atoms with E-state index in [1.165, 1.54) is 82.1 Å². The first-order valence-corrected chi connectivity index (χ1v) is 25.5. The van der Waals surface area contributed by atoms with Gasteiger partial charge in [0, 0.05) is 0 Å². The number of aromatic hydroxyl groups is 2. The van der Waals surface area contributed by atoms with Gasteiger partial charge in [-0.1, -0.05) is 83.2 Å². The third-order valence-electron chi connectivity index (χ3n) is 17.1. The number of phenolic OH excluding ortho intramolecular Hbond substituents is 2. The van der Waals surface area contributed by atoms with Gasteiger partial charge in [0.1, 0.15) is 23.6 Å². The number of carbonyl (C=O) groups excluding carboxylic acids is 2. The average molecular weight is 998 g/mol. The van der Waals surface area contributed by atoms with E-state index in [4.69, 9.17) is 23.2 Å². The van der Waals surface area contributed by atoms with Crippen LogP contribution in [0.3, 0.4) is 0 Å². The number of aliphatic carboxylic acids is 4. The normalized spacial score (nSPS) is 27.4. The van der Waals surface area contributed by atoms with Crippen LogP contribution in [0.15, 0.2) is 30.3 Å². The SMILES string of the molecule is CC(C)CCC[C@@H](C)[C@H]1CC[C@H]2[C@@H]3CC[C@H]4C[C@@H](CCC=C(c5cc(Cl)c(O)c(C(=O)N[C@@H](CC(=O)O)C(=O)O)c5)c5cc(Cl)c(O)c(C(=O)N[C@@H](CC(=O)O)C(=O)O)c5)CC[C@]4(C)[C@H]3CC[C@]12C. The first kappa shape index (κ1) is 53.5. The molecular formula is C53H70Cl2N2O12. The zero-order valence-corrected chi connectivity index (χ0v) is 41.9. The molecule has 69 heavy (non-hydrogen) atoms. The molecule has 378 valence electrons. The molecule has 4 aliphatic carbocycles. The molecule has 2 aromatic carbocycles. The predicted molar refractivity (Wildman–Crippen MR) is 261 cm³/mol. The van der Waals surface area contributed by atoms with E-state index in [1.54, 1.807) is 0 Å². The van der Waals surface area contributed by atoms with Crippen molar-refractivity contribution in [3.63, 3.8) is 0 Å². The van der Waals surface area contributed by atoms with Crippen LogP contribution in [0.5, 0.6) is 11.5 Å². The fourth-order valence-electron chi connectivity index (χ4n) is 13.6. The fourth-order valence-corrected chi connectivity index (χ4v) is 14.0. The van der Waals surface area contributed by atoms with E-state index >= 15 is 0 Å². The summed E-state index contributed by atoms with van der Waals surface area (Å²) in [6.07, 6.45) is 16.3. The summed E-state index contributed by atoms with van der Waals surface area (Å²) in [5.74, 6) is -4.31. The minimum atomic E-state index is -1.85. The monoisotopic (exact) mass is 996 g/mol. The van der Waals surface area contributed by atoms with Crippen LogP contribution < -0.4 is 10.6 Å². The molecule has 0 aliphatic heterocycles. The smallest absolute Gasteiger partial charge is 0.326 e. The first-order chi connectivity index (χ1) is 32.4. The van der Waals surface area contributed by atoms with E-state index in [0.717, 1.165) is 61.2 Å². The highest BCUT2D eigenvalue weighted by atomic mass is 35.5. The maximum atomic E-state index is 13.5. The number of nitrogens with one attached hydrogen (secondary N) is 2. The van der Waals surface area contributed by atoms with Gasteiger partial charge in [0.05, 0.1) is 34.0 Å². The molecule has 4 saturated carbocycles. The summed E-state index contributed by atoms with van der Waals surface area (Å²) in [7, 11) is 0. The van der Waals surface area contributed by atoms with Crippen molar-refractivity contribution < 1.29 is 59.4 Å². The number of phenols is 2. The number of allylic oxidation sites excluding steroid dienone is 1. The van der Waals surface area contributed by atoms with Crippen LogP contribution in [0, 0.1) is 58.2 Å². The molecule has 0 spiro atoms. The van der Waals surface area contributed by atoms with Crippen molar-refractivity contribution in [3.8, 4) is 11.5 Å². The molecule has 8 N–H and O–H groups in total. The molecule has 0 radical (unpaired) electrons. The Kier molecular flexibility index (Phi) is 17.1. The number of carboxylic acid groups (broad SMARTS) is 4. The Morgan fingerprint density at radius 2 is 1.22 bits per heavy atom. The number of amides is 2. The number of rotatable bonds is 20. The molecule has 4 fully saturated rings.